The van der Waals surface area contributed by atoms with Gasteiger partial charge in [-0.1, -0.05) is 0 Å². The Labute approximate surface area is 56.7 Å². The Balaban J connectivity index is 2.43. The molecular formula is C5H10O3S. The second-order valence-corrected chi connectivity index (χ2v) is 3.73. The van der Waals surface area contributed by atoms with Gasteiger partial charge in [-0.2, -0.15) is 0 Å². The Morgan fingerprint density at radius 2 is 2.33 bits per heavy atom. The number of rotatable bonds is 3. The summed E-state index contributed by atoms with van der Waals surface area (Å²) in [7, 11) is 1.55. The van der Waals surface area contributed by atoms with Crippen LogP contribution in [0.1, 0.15) is 12.8 Å². The van der Waals surface area contributed by atoms with Gasteiger partial charge < -0.3 is 9.29 Å². The van der Waals surface area contributed by atoms with Gasteiger partial charge in [0.15, 0.2) is 11.1 Å². The summed E-state index contributed by atoms with van der Waals surface area (Å²) in [5.74, 6) is 0. The van der Waals surface area contributed by atoms with Crippen LogP contribution in [0.5, 0.6) is 0 Å². The van der Waals surface area contributed by atoms with E-state index in [9.17, 15) is 4.21 Å². The fourth-order valence-electron chi connectivity index (χ4n) is 0.772. The average molecular weight is 150 g/mol. The Bertz CT molecular complexity index is 130. The van der Waals surface area contributed by atoms with Crippen molar-refractivity contribution in [1.29, 1.82) is 0 Å². The van der Waals surface area contributed by atoms with Crippen LogP contribution in [-0.2, 0) is 15.8 Å². The first kappa shape index (κ1) is 7.18. The van der Waals surface area contributed by atoms with E-state index in [1.54, 1.807) is 7.11 Å². The molecule has 0 radical (unpaired) electrons. The molecule has 1 aliphatic rings. The van der Waals surface area contributed by atoms with Crippen molar-refractivity contribution < 1.29 is 13.5 Å². The van der Waals surface area contributed by atoms with Gasteiger partial charge in [-0.05, 0) is 12.8 Å². The fraction of sp³-hybridized carbons (Fsp3) is 1.00. The van der Waals surface area contributed by atoms with Crippen molar-refractivity contribution in [2.45, 2.75) is 17.6 Å². The van der Waals surface area contributed by atoms with E-state index in [4.69, 9.17) is 9.29 Å². The van der Waals surface area contributed by atoms with Gasteiger partial charge in [0.05, 0.1) is 11.4 Å². The van der Waals surface area contributed by atoms with Gasteiger partial charge in [0, 0.05) is 7.11 Å². The predicted molar refractivity (Wildman–Crippen MR) is 34.6 cm³/mol. The van der Waals surface area contributed by atoms with Crippen LogP contribution >= 0.6 is 0 Å². The highest BCUT2D eigenvalue weighted by Gasteiger charge is 2.48. The summed E-state index contributed by atoms with van der Waals surface area (Å²) in [5, 5.41) is 0. The van der Waals surface area contributed by atoms with Crippen molar-refractivity contribution in [1.82, 2.24) is 0 Å². The molecule has 0 heterocycles. The molecule has 0 saturated heterocycles. The third-order valence-electron chi connectivity index (χ3n) is 1.59. The maximum atomic E-state index is 10.5. The summed E-state index contributed by atoms with van der Waals surface area (Å²) >= 11 is -1.69. The SMILES string of the molecule is COCC1(S(=O)O)CC1. The quantitative estimate of drug-likeness (QED) is 0.592. The topological polar surface area (TPSA) is 46.5 Å². The highest BCUT2D eigenvalue weighted by Crippen LogP contribution is 2.40. The van der Waals surface area contributed by atoms with Gasteiger partial charge in [0.2, 0.25) is 0 Å². The predicted octanol–water partition coefficient (Wildman–Crippen LogP) is 0.387. The number of methoxy groups -OCH3 is 1. The molecule has 1 N–H and O–H groups in total. The molecule has 0 aromatic carbocycles. The zero-order valence-corrected chi connectivity index (χ0v) is 6.11. The number of hydrogen-bond acceptors (Lipinski definition) is 2. The molecule has 1 saturated carbocycles. The molecule has 0 bridgehead atoms. The largest absolute Gasteiger partial charge is 0.383 e. The van der Waals surface area contributed by atoms with Gasteiger partial charge >= 0.3 is 0 Å². The maximum absolute atomic E-state index is 10.5. The third kappa shape index (κ3) is 1.31. The summed E-state index contributed by atoms with van der Waals surface area (Å²) in [6.07, 6.45) is 1.65. The Hall–Kier alpha value is 0.0700. The molecule has 3 nitrogen and oxygen atoms in total. The first-order chi connectivity index (χ1) is 4.21. The standard InChI is InChI=1S/C5H10O3S/c1-8-4-5(2-3-5)9(6)7/h2-4H2,1H3,(H,6,7). The molecule has 0 aromatic heterocycles. The Morgan fingerprint density at radius 1 is 1.78 bits per heavy atom. The van der Waals surface area contributed by atoms with Gasteiger partial charge in [-0.15, -0.1) is 0 Å². The second-order valence-electron chi connectivity index (χ2n) is 2.37. The smallest absolute Gasteiger partial charge is 0.161 e. The van der Waals surface area contributed by atoms with E-state index in [0.717, 1.165) is 12.8 Å². The normalized spacial score (nSPS) is 25.6. The third-order valence-corrected chi connectivity index (χ3v) is 2.85. The molecule has 1 rings (SSSR count). The molecule has 1 unspecified atom stereocenters. The number of ether oxygens (including phenoxy) is 1. The van der Waals surface area contributed by atoms with Crippen LogP contribution in [0.3, 0.4) is 0 Å². The molecule has 1 aliphatic carbocycles. The molecular weight excluding hydrogens is 140 g/mol. The summed E-state index contributed by atoms with van der Waals surface area (Å²) in [5.41, 5.74) is 0. The molecule has 0 spiro atoms. The van der Waals surface area contributed by atoms with E-state index < -0.39 is 15.8 Å². The van der Waals surface area contributed by atoms with E-state index in [2.05, 4.69) is 0 Å². The minimum absolute atomic E-state index is 0.394. The van der Waals surface area contributed by atoms with E-state index in [0.29, 0.717) is 6.61 Å². The van der Waals surface area contributed by atoms with E-state index in [1.807, 2.05) is 0 Å². The lowest BCUT2D eigenvalue weighted by atomic mass is 10.4. The molecule has 4 heteroatoms. The number of hydrogen-bond donors (Lipinski definition) is 1. The lowest BCUT2D eigenvalue weighted by Crippen LogP contribution is -2.21. The molecule has 0 aliphatic heterocycles. The first-order valence-corrected chi connectivity index (χ1v) is 3.92. The monoisotopic (exact) mass is 150 g/mol. The van der Waals surface area contributed by atoms with E-state index in [1.165, 1.54) is 0 Å². The van der Waals surface area contributed by atoms with Crippen molar-refractivity contribution in [3.8, 4) is 0 Å². The first-order valence-electron chi connectivity index (χ1n) is 2.81. The van der Waals surface area contributed by atoms with Gasteiger partial charge in [-0.3, -0.25) is 0 Å². The molecule has 0 amide bonds. The zero-order valence-electron chi connectivity index (χ0n) is 5.29. The maximum Gasteiger partial charge on any atom is 0.161 e. The van der Waals surface area contributed by atoms with Crippen molar-refractivity contribution in [2.24, 2.45) is 0 Å². The summed E-state index contributed by atoms with van der Waals surface area (Å²) < 4.78 is 23.6. The zero-order chi connectivity index (χ0) is 6.91. The fourth-order valence-corrected chi connectivity index (χ4v) is 1.44. The Morgan fingerprint density at radius 3 is 2.44 bits per heavy atom. The van der Waals surface area contributed by atoms with Crippen molar-refractivity contribution in [3.05, 3.63) is 0 Å². The molecule has 54 valence electrons. The van der Waals surface area contributed by atoms with Crippen LogP contribution in [-0.4, -0.2) is 27.2 Å². The molecule has 0 aromatic rings. The van der Waals surface area contributed by atoms with Gasteiger partial charge in [0.1, 0.15) is 0 Å². The lowest BCUT2D eigenvalue weighted by Gasteiger charge is -2.06. The van der Waals surface area contributed by atoms with E-state index in [-0.39, 0.29) is 0 Å². The van der Waals surface area contributed by atoms with Crippen LogP contribution in [0.15, 0.2) is 0 Å². The Kier molecular flexibility index (Phi) is 1.88. The molecule has 1 atom stereocenters. The summed E-state index contributed by atoms with van der Waals surface area (Å²) in [6, 6.07) is 0. The van der Waals surface area contributed by atoms with Gasteiger partial charge in [0.25, 0.3) is 0 Å². The summed E-state index contributed by atoms with van der Waals surface area (Å²) in [6.45, 7) is 0.413. The van der Waals surface area contributed by atoms with Crippen molar-refractivity contribution in [2.75, 3.05) is 13.7 Å². The highest BCUT2D eigenvalue weighted by molar-refractivity contribution is 7.81. The minimum atomic E-state index is -1.69. The van der Waals surface area contributed by atoms with E-state index >= 15 is 0 Å². The van der Waals surface area contributed by atoms with Crippen LogP contribution in [0.2, 0.25) is 0 Å². The van der Waals surface area contributed by atoms with Crippen LogP contribution in [0.25, 0.3) is 0 Å². The van der Waals surface area contributed by atoms with Crippen molar-refractivity contribution >= 4 is 11.1 Å². The highest BCUT2D eigenvalue weighted by atomic mass is 32.2. The summed E-state index contributed by atoms with van der Waals surface area (Å²) in [4.78, 5) is 0. The minimum Gasteiger partial charge on any atom is -0.383 e. The van der Waals surface area contributed by atoms with Crippen LogP contribution in [0.4, 0.5) is 0 Å². The molecule has 1 fully saturated rings. The lowest BCUT2D eigenvalue weighted by molar-refractivity contribution is 0.191. The average Bonchev–Trinajstić information content (AvgIpc) is 2.49. The van der Waals surface area contributed by atoms with Gasteiger partial charge in [-0.25, -0.2) is 4.21 Å². The van der Waals surface area contributed by atoms with Crippen LogP contribution in [0, 0.1) is 0 Å². The second kappa shape index (κ2) is 2.36. The van der Waals surface area contributed by atoms with Crippen LogP contribution < -0.4 is 0 Å². The molecule has 9 heavy (non-hydrogen) atoms. The van der Waals surface area contributed by atoms with Crippen molar-refractivity contribution in [3.63, 3.8) is 0 Å².